The first-order valence-corrected chi connectivity index (χ1v) is 10.1. The Bertz CT molecular complexity index is 1320. The molecular formula is C25H20FN3O4. The Kier molecular flexibility index (Phi) is 6.26. The van der Waals surface area contributed by atoms with E-state index in [0.29, 0.717) is 33.9 Å². The Hall–Kier alpha value is -4.33. The predicted molar refractivity (Wildman–Crippen MR) is 122 cm³/mol. The monoisotopic (exact) mass is 445 g/mol. The molecule has 4 rings (SSSR count). The molecule has 3 aromatic carbocycles. The second kappa shape index (κ2) is 9.44. The zero-order valence-corrected chi connectivity index (χ0v) is 18.0. The summed E-state index contributed by atoms with van der Waals surface area (Å²) >= 11 is 0. The van der Waals surface area contributed by atoms with E-state index in [2.05, 4.69) is 15.3 Å². The number of hydrogen-bond donors (Lipinski definition) is 1. The SMILES string of the molecule is COc1cc2nc(-c3ccc(NC(=O)Cc4ccc(F)cc4)cc3)ncc2cc1OC(C)=O. The Labute approximate surface area is 189 Å². The molecule has 1 N–H and O–H groups in total. The maximum atomic E-state index is 13.0. The van der Waals surface area contributed by atoms with Gasteiger partial charge in [-0.05, 0) is 48.0 Å². The number of nitrogens with one attached hydrogen (secondary N) is 1. The first-order chi connectivity index (χ1) is 15.9. The molecule has 0 saturated carbocycles. The third-order valence-corrected chi connectivity index (χ3v) is 4.82. The predicted octanol–water partition coefficient (Wildman–Crippen LogP) is 4.55. The molecule has 0 fully saturated rings. The quantitative estimate of drug-likeness (QED) is 0.346. The molecule has 0 aliphatic carbocycles. The average molecular weight is 445 g/mol. The molecule has 8 heteroatoms. The van der Waals surface area contributed by atoms with Crippen molar-refractivity contribution in [3.05, 3.63) is 78.2 Å². The van der Waals surface area contributed by atoms with Gasteiger partial charge in [0.05, 0.1) is 19.0 Å². The second-order valence-corrected chi connectivity index (χ2v) is 7.28. The van der Waals surface area contributed by atoms with Crippen molar-refractivity contribution in [3.8, 4) is 22.9 Å². The fraction of sp³-hybridized carbons (Fsp3) is 0.120. The van der Waals surface area contributed by atoms with Crippen molar-refractivity contribution in [3.63, 3.8) is 0 Å². The number of anilines is 1. The minimum absolute atomic E-state index is 0.146. The Morgan fingerprint density at radius 2 is 1.73 bits per heavy atom. The standard InChI is InChI=1S/C25H20FN3O4/c1-15(30)33-23-12-18-14-27-25(29-21(18)13-22(23)32-2)17-5-9-20(10-6-17)28-24(31)11-16-3-7-19(26)8-4-16/h3-10,12-14H,11H2,1-2H3,(H,28,31). The van der Waals surface area contributed by atoms with Gasteiger partial charge in [0.25, 0.3) is 0 Å². The molecule has 1 heterocycles. The highest BCUT2D eigenvalue weighted by atomic mass is 19.1. The summed E-state index contributed by atoms with van der Waals surface area (Å²) in [5, 5.41) is 3.51. The summed E-state index contributed by atoms with van der Waals surface area (Å²) in [5.74, 6) is 0.195. The van der Waals surface area contributed by atoms with Crippen molar-refractivity contribution in [2.75, 3.05) is 12.4 Å². The molecule has 4 aromatic rings. The van der Waals surface area contributed by atoms with E-state index in [9.17, 15) is 14.0 Å². The van der Waals surface area contributed by atoms with E-state index >= 15 is 0 Å². The molecule has 0 atom stereocenters. The minimum atomic E-state index is -0.449. The van der Waals surface area contributed by atoms with Crippen LogP contribution in [0, 0.1) is 5.82 Å². The van der Waals surface area contributed by atoms with E-state index in [-0.39, 0.29) is 18.1 Å². The summed E-state index contributed by atoms with van der Waals surface area (Å²) in [6.45, 7) is 1.32. The van der Waals surface area contributed by atoms with Crippen molar-refractivity contribution < 1.29 is 23.5 Å². The van der Waals surface area contributed by atoms with Gasteiger partial charge in [0.1, 0.15) is 5.82 Å². The molecule has 0 aliphatic rings. The van der Waals surface area contributed by atoms with E-state index in [1.807, 2.05) is 0 Å². The summed E-state index contributed by atoms with van der Waals surface area (Å²) in [7, 11) is 1.49. The van der Waals surface area contributed by atoms with Crippen molar-refractivity contribution in [1.29, 1.82) is 0 Å². The van der Waals surface area contributed by atoms with Crippen LogP contribution in [0.1, 0.15) is 12.5 Å². The number of benzene rings is 3. The maximum absolute atomic E-state index is 13.0. The molecule has 33 heavy (non-hydrogen) atoms. The van der Waals surface area contributed by atoms with Crippen LogP contribution in [-0.4, -0.2) is 29.0 Å². The van der Waals surface area contributed by atoms with Gasteiger partial charge in [-0.2, -0.15) is 0 Å². The van der Waals surface area contributed by atoms with Crippen LogP contribution in [0.15, 0.2) is 66.9 Å². The Balaban J connectivity index is 1.50. The van der Waals surface area contributed by atoms with Gasteiger partial charge in [0, 0.05) is 35.8 Å². The molecule has 0 saturated heterocycles. The molecule has 166 valence electrons. The topological polar surface area (TPSA) is 90.4 Å². The highest BCUT2D eigenvalue weighted by Crippen LogP contribution is 2.32. The molecule has 0 unspecified atom stereocenters. The van der Waals surface area contributed by atoms with Crippen LogP contribution in [0.3, 0.4) is 0 Å². The summed E-state index contributed by atoms with van der Waals surface area (Å²) in [6, 6.07) is 16.3. The van der Waals surface area contributed by atoms with Crippen LogP contribution in [-0.2, 0) is 16.0 Å². The highest BCUT2D eigenvalue weighted by molar-refractivity contribution is 5.92. The lowest BCUT2D eigenvalue weighted by molar-refractivity contribution is -0.132. The third kappa shape index (κ3) is 5.30. The van der Waals surface area contributed by atoms with Crippen molar-refractivity contribution in [2.45, 2.75) is 13.3 Å². The molecule has 0 aliphatic heterocycles. The Morgan fingerprint density at radius 1 is 1.00 bits per heavy atom. The summed E-state index contributed by atoms with van der Waals surface area (Å²) < 4.78 is 23.5. The first kappa shape index (κ1) is 21.9. The lowest BCUT2D eigenvalue weighted by Crippen LogP contribution is -2.14. The zero-order chi connectivity index (χ0) is 23.4. The largest absolute Gasteiger partial charge is 0.493 e. The smallest absolute Gasteiger partial charge is 0.308 e. The summed E-state index contributed by atoms with van der Waals surface area (Å²) in [4.78, 5) is 32.5. The summed E-state index contributed by atoms with van der Waals surface area (Å²) in [5.41, 5.74) is 2.74. The van der Waals surface area contributed by atoms with Gasteiger partial charge in [-0.25, -0.2) is 14.4 Å². The molecule has 1 amide bonds. The number of hydrogen-bond acceptors (Lipinski definition) is 6. The van der Waals surface area contributed by atoms with Crippen LogP contribution in [0.25, 0.3) is 22.3 Å². The lowest BCUT2D eigenvalue weighted by Gasteiger charge is -2.10. The number of nitrogens with zero attached hydrogens (tertiary/aromatic N) is 2. The van der Waals surface area contributed by atoms with E-state index in [1.54, 1.807) is 54.7 Å². The van der Waals surface area contributed by atoms with Crippen LogP contribution in [0.2, 0.25) is 0 Å². The van der Waals surface area contributed by atoms with E-state index in [0.717, 1.165) is 11.1 Å². The van der Waals surface area contributed by atoms with Crippen LogP contribution in [0.5, 0.6) is 11.5 Å². The number of rotatable bonds is 6. The fourth-order valence-electron chi connectivity index (χ4n) is 3.27. The number of ether oxygens (including phenoxy) is 2. The molecule has 0 radical (unpaired) electrons. The van der Waals surface area contributed by atoms with Gasteiger partial charge in [0.15, 0.2) is 17.3 Å². The number of fused-ring (bicyclic) bond motifs is 1. The minimum Gasteiger partial charge on any atom is -0.493 e. The van der Waals surface area contributed by atoms with Crippen molar-refractivity contribution in [1.82, 2.24) is 9.97 Å². The van der Waals surface area contributed by atoms with Crippen molar-refractivity contribution in [2.24, 2.45) is 0 Å². The average Bonchev–Trinajstić information content (AvgIpc) is 2.80. The molecule has 1 aromatic heterocycles. The maximum Gasteiger partial charge on any atom is 0.308 e. The van der Waals surface area contributed by atoms with E-state index in [1.165, 1.54) is 26.2 Å². The van der Waals surface area contributed by atoms with Gasteiger partial charge in [-0.3, -0.25) is 9.59 Å². The fourth-order valence-corrected chi connectivity index (χ4v) is 3.27. The number of carbonyl (C=O) groups is 2. The summed E-state index contributed by atoms with van der Waals surface area (Å²) in [6.07, 6.45) is 1.79. The van der Waals surface area contributed by atoms with Crippen molar-refractivity contribution >= 4 is 28.5 Å². The molecular weight excluding hydrogens is 425 g/mol. The van der Waals surface area contributed by atoms with Gasteiger partial charge in [-0.1, -0.05) is 12.1 Å². The van der Waals surface area contributed by atoms with Crippen LogP contribution >= 0.6 is 0 Å². The zero-order valence-electron chi connectivity index (χ0n) is 18.0. The van der Waals surface area contributed by atoms with Crippen LogP contribution < -0.4 is 14.8 Å². The number of methoxy groups -OCH3 is 1. The number of amides is 1. The number of carbonyl (C=O) groups excluding carboxylic acids is 2. The van der Waals surface area contributed by atoms with E-state index < -0.39 is 5.97 Å². The number of esters is 1. The third-order valence-electron chi connectivity index (χ3n) is 4.82. The first-order valence-electron chi connectivity index (χ1n) is 10.1. The molecule has 0 spiro atoms. The van der Waals surface area contributed by atoms with Gasteiger partial charge < -0.3 is 14.8 Å². The van der Waals surface area contributed by atoms with E-state index in [4.69, 9.17) is 9.47 Å². The normalized spacial score (nSPS) is 10.6. The van der Waals surface area contributed by atoms with Gasteiger partial charge in [-0.15, -0.1) is 0 Å². The number of halogens is 1. The van der Waals surface area contributed by atoms with Gasteiger partial charge in [0.2, 0.25) is 5.91 Å². The number of aromatic nitrogens is 2. The van der Waals surface area contributed by atoms with Crippen LogP contribution in [0.4, 0.5) is 10.1 Å². The lowest BCUT2D eigenvalue weighted by atomic mass is 10.1. The molecule has 0 bridgehead atoms. The Morgan fingerprint density at radius 3 is 2.39 bits per heavy atom. The highest BCUT2D eigenvalue weighted by Gasteiger charge is 2.12. The molecule has 7 nitrogen and oxygen atoms in total. The second-order valence-electron chi connectivity index (χ2n) is 7.28. The van der Waals surface area contributed by atoms with Gasteiger partial charge >= 0.3 is 5.97 Å².